The van der Waals surface area contributed by atoms with E-state index in [1.807, 2.05) is 4.90 Å². The fraction of sp³-hybridized carbons (Fsp3) is 0.462. The third kappa shape index (κ3) is 3.91. The molecule has 2 rings (SSSR count). The molecule has 0 spiro atoms. The Hall–Kier alpha value is -1.14. The number of hydrogen-bond acceptors (Lipinski definition) is 4. The molecule has 1 saturated heterocycles. The molecule has 19 heavy (non-hydrogen) atoms. The first kappa shape index (κ1) is 14.3. The smallest absolute Gasteiger partial charge is 0.247 e. The molecule has 1 fully saturated rings. The SMILES string of the molecule is NC(=O)C1CN(CC(O)c2ccc(Cl)cc2)CCO1. The predicted octanol–water partition coefficient (Wildman–Crippen LogP) is 0.560. The fourth-order valence-electron chi connectivity index (χ4n) is 2.08. The number of nitrogens with zero attached hydrogens (tertiary/aromatic N) is 1. The number of aliphatic hydroxyl groups is 1. The number of morpholine rings is 1. The number of halogens is 1. The minimum atomic E-state index is -0.621. The lowest BCUT2D eigenvalue weighted by Crippen LogP contribution is -2.49. The summed E-state index contributed by atoms with van der Waals surface area (Å²) < 4.78 is 5.26. The maximum Gasteiger partial charge on any atom is 0.247 e. The van der Waals surface area contributed by atoms with E-state index in [0.29, 0.717) is 31.3 Å². The number of β-amino-alcohol motifs (C(OH)–C–C–N with tert-alkyl or cyclic N) is 1. The van der Waals surface area contributed by atoms with Crippen LogP contribution >= 0.6 is 11.6 Å². The fourth-order valence-corrected chi connectivity index (χ4v) is 2.20. The van der Waals surface area contributed by atoms with E-state index >= 15 is 0 Å². The van der Waals surface area contributed by atoms with Gasteiger partial charge in [-0.3, -0.25) is 9.69 Å². The third-order valence-corrected chi connectivity index (χ3v) is 3.41. The monoisotopic (exact) mass is 284 g/mol. The second-order valence-corrected chi connectivity index (χ2v) is 5.03. The zero-order valence-corrected chi connectivity index (χ0v) is 11.2. The molecule has 1 heterocycles. The summed E-state index contributed by atoms with van der Waals surface area (Å²) in [6.45, 7) is 1.98. The summed E-state index contributed by atoms with van der Waals surface area (Å²) in [5, 5.41) is 10.8. The largest absolute Gasteiger partial charge is 0.387 e. The molecule has 6 heteroatoms. The summed E-state index contributed by atoms with van der Waals surface area (Å²) in [6.07, 6.45) is -1.21. The molecule has 0 radical (unpaired) electrons. The van der Waals surface area contributed by atoms with E-state index in [1.165, 1.54) is 0 Å². The summed E-state index contributed by atoms with van der Waals surface area (Å²) >= 11 is 5.80. The molecule has 0 aliphatic carbocycles. The van der Waals surface area contributed by atoms with E-state index in [9.17, 15) is 9.90 Å². The standard InChI is InChI=1S/C13H17ClN2O3/c14-10-3-1-9(2-4-10)11(17)7-16-5-6-19-12(8-16)13(15)18/h1-4,11-12,17H,5-8H2,(H2,15,18). The highest BCUT2D eigenvalue weighted by Gasteiger charge is 2.26. The maximum absolute atomic E-state index is 11.1. The van der Waals surface area contributed by atoms with Crippen LogP contribution in [0.15, 0.2) is 24.3 Å². The highest BCUT2D eigenvalue weighted by atomic mass is 35.5. The zero-order chi connectivity index (χ0) is 13.8. The molecule has 0 bridgehead atoms. The number of primary amides is 1. The van der Waals surface area contributed by atoms with Crippen molar-refractivity contribution in [1.82, 2.24) is 4.90 Å². The normalized spacial score (nSPS) is 22.1. The molecule has 5 nitrogen and oxygen atoms in total. The number of benzene rings is 1. The third-order valence-electron chi connectivity index (χ3n) is 3.15. The molecule has 104 valence electrons. The van der Waals surface area contributed by atoms with Crippen LogP contribution in [0, 0.1) is 0 Å². The topological polar surface area (TPSA) is 75.8 Å². The van der Waals surface area contributed by atoms with E-state index in [4.69, 9.17) is 22.1 Å². The van der Waals surface area contributed by atoms with Crippen molar-refractivity contribution in [3.63, 3.8) is 0 Å². The van der Waals surface area contributed by atoms with Gasteiger partial charge in [-0.05, 0) is 17.7 Å². The van der Waals surface area contributed by atoms with Crippen molar-refractivity contribution < 1.29 is 14.6 Å². The molecule has 1 aromatic rings. The van der Waals surface area contributed by atoms with Gasteiger partial charge in [0.15, 0.2) is 0 Å². The van der Waals surface area contributed by atoms with Gasteiger partial charge in [0.1, 0.15) is 6.10 Å². The number of hydrogen-bond donors (Lipinski definition) is 2. The number of carbonyl (C=O) groups excluding carboxylic acids is 1. The van der Waals surface area contributed by atoms with Crippen LogP contribution in [0.2, 0.25) is 5.02 Å². The highest BCUT2D eigenvalue weighted by molar-refractivity contribution is 6.30. The first-order chi connectivity index (χ1) is 9.06. The molecule has 3 N–H and O–H groups in total. The predicted molar refractivity (Wildman–Crippen MR) is 71.8 cm³/mol. The first-order valence-electron chi connectivity index (χ1n) is 6.13. The zero-order valence-electron chi connectivity index (χ0n) is 10.5. The first-order valence-corrected chi connectivity index (χ1v) is 6.51. The lowest BCUT2D eigenvalue weighted by molar-refractivity contribution is -0.135. The molecule has 1 aliphatic heterocycles. The molecular formula is C13H17ClN2O3. The van der Waals surface area contributed by atoms with Crippen LogP contribution in [0.5, 0.6) is 0 Å². The summed E-state index contributed by atoms with van der Waals surface area (Å²) in [7, 11) is 0. The lowest BCUT2D eigenvalue weighted by atomic mass is 10.1. The Labute approximate surface area is 116 Å². The minimum Gasteiger partial charge on any atom is -0.387 e. The second kappa shape index (κ2) is 6.34. The number of nitrogens with two attached hydrogens (primary N) is 1. The maximum atomic E-state index is 11.1. The summed E-state index contributed by atoms with van der Waals surface area (Å²) in [4.78, 5) is 13.1. The van der Waals surface area contributed by atoms with Crippen LogP contribution < -0.4 is 5.73 Å². The van der Waals surface area contributed by atoms with Crippen molar-refractivity contribution in [3.8, 4) is 0 Å². The Bertz CT molecular complexity index is 438. The van der Waals surface area contributed by atoms with Crippen LogP contribution in [0.1, 0.15) is 11.7 Å². The number of ether oxygens (including phenoxy) is 1. The summed E-state index contributed by atoms with van der Waals surface area (Å²) in [6, 6.07) is 7.06. The lowest BCUT2D eigenvalue weighted by Gasteiger charge is -2.32. The summed E-state index contributed by atoms with van der Waals surface area (Å²) in [5.74, 6) is -0.467. The van der Waals surface area contributed by atoms with E-state index in [-0.39, 0.29) is 0 Å². The number of aliphatic hydroxyl groups excluding tert-OH is 1. The average Bonchev–Trinajstić information content (AvgIpc) is 2.39. The van der Waals surface area contributed by atoms with E-state index < -0.39 is 18.1 Å². The molecule has 2 unspecified atom stereocenters. The van der Waals surface area contributed by atoms with Crippen molar-refractivity contribution in [1.29, 1.82) is 0 Å². The Morgan fingerprint density at radius 1 is 1.53 bits per heavy atom. The van der Waals surface area contributed by atoms with Gasteiger partial charge >= 0.3 is 0 Å². The number of amides is 1. The van der Waals surface area contributed by atoms with Crippen LogP contribution in [0.3, 0.4) is 0 Å². The average molecular weight is 285 g/mol. The quantitative estimate of drug-likeness (QED) is 0.847. The van der Waals surface area contributed by atoms with Gasteiger partial charge in [-0.25, -0.2) is 0 Å². The van der Waals surface area contributed by atoms with Gasteiger partial charge in [0.2, 0.25) is 5.91 Å². The Morgan fingerprint density at radius 2 is 2.21 bits per heavy atom. The van der Waals surface area contributed by atoms with Gasteiger partial charge in [-0.2, -0.15) is 0 Å². The van der Waals surface area contributed by atoms with Crippen molar-refractivity contribution in [3.05, 3.63) is 34.9 Å². The van der Waals surface area contributed by atoms with Gasteiger partial charge in [0.25, 0.3) is 0 Å². The highest BCUT2D eigenvalue weighted by Crippen LogP contribution is 2.18. The van der Waals surface area contributed by atoms with Crippen molar-refractivity contribution in [2.24, 2.45) is 5.73 Å². The van der Waals surface area contributed by atoms with Crippen LogP contribution in [-0.2, 0) is 9.53 Å². The molecule has 1 aromatic carbocycles. The van der Waals surface area contributed by atoms with E-state index in [2.05, 4.69) is 0 Å². The number of carbonyl (C=O) groups is 1. The van der Waals surface area contributed by atoms with Crippen LogP contribution in [0.4, 0.5) is 0 Å². The minimum absolute atomic E-state index is 0.417. The van der Waals surface area contributed by atoms with Crippen LogP contribution in [0.25, 0.3) is 0 Å². The second-order valence-electron chi connectivity index (χ2n) is 4.59. The summed E-state index contributed by atoms with van der Waals surface area (Å²) in [5.41, 5.74) is 6.02. The Kier molecular flexibility index (Phi) is 4.76. The molecule has 0 aromatic heterocycles. The van der Waals surface area contributed by atoms with Crippen molar-refractivity contribution >= 4 is 17.5 Å². The molecule has 0 saturated carbocycles. The molecule has 1 aliphatic rings. The van der Waals surface area contributed by atoms with E-state index in [1.54, 1.807) is 24.3 Å². The molecule has 1 amide bonds. The Morgan fingerprint density at radius 3 is 2.84 bits per heavy atom. The molecular weight excluding hydrogens is 268 g/mol. The van der Waals surface area contributed by atoms with Gasteiger partial charge in [0, 0.05) is 24.7 Å². The van der Waals surface area contributed by atoms with E-state index in [0.717, 1.165) is 5.56 Å². The van der Waals surface area contributed by atoms with Gasteiger partial charge < -0.3 is 15.6 Å². The van der Waals surface area contributed by atoms with Gasteiger partial charge in [-0.15, -0.1) is 0 Å². The van der Waals surface area contributed by atoms with Gasteiger partial charge in [-0.1, -0.05) is 23.7 Å². The Balaban J connectivity index is 1.93. The van der Waals surface area contributed by atoms with Gasteiger partial charge in [0.05, 0.1) is 12.7 Å². The van der Waals surface area contributed by atoms with Crippen LogP contribution in [-0.4, -0.2) is 48.3 Å². The van der Waals surface area contributed by atoms with Crippen molar-refractivity contribution in [2.75, 3.05) is 26.2 Å². The number of rotatable bonds is 4. The molecule has 2 atom stereocenters. The van der Waals surface area contributed by atoms with Crippen molar-refractivity contribution in [2.45, 2.75) is 12.2 Å².